The molecule has 86 valence electrons. The Balaban J connectivity index is 2.24. The Kier molecular flexibility index (Phi) is 3.39. The Bertz CT molecular complexity index is 557. The molecule has 2 aromatic rings. The Morgan fingerprint density at radius 3 is 2.71 bits per heavy atom. The Morgan fingerprint density at radius 2 is 2.00 bits per heavy atom. The molecular weight excluding hydrogens is 286 g/mol. The van der Waals surface area contributed by atoms with Gasteiger partial charge >= 0.3 is 5.97 Å². The lowest BCUT2D eigenvalue weighted by Crippen LogP contribution is -1.99. The molecule has 2 rings (SSSR count). The van der Waals surface area contributed by atoms with E-state index in [1.54, 1.807) is 18.2 Å². The molecule has 1 heterocycles. The topological polar surface area (TPSA) is 59.4 Å². The van der Waals surface area contributed by atoms with Crippen LogP contribution in [0.3, 0.4) is 0 Å². The number of hydrogen-bond donors (Lipinski definition) is 1. The summed E-state index contributed by atoms with van der Waals surface area (Å²) in [5.41, 5.74) is -0.0440. The first-order valence-electron chi connectivity index (χ1n) is 4.78. The van der Waals surface area contributed by atoms with Gasteiger partial charge in [-0.2, -0.15) is 0 Å². The molecule has 0 saturated carbocycles. The van der Waals surface area contributed by atoms with Crippen LogP contribution in [0.5, 0.6) is 11.5 Å². The van der Waals surface area contributed by atoms with Crippen molar-refractivity contribution in [2.24, 2.45) is 0 Å². The maximum Gasteiger partial charge on any atom is 0.354 e. The van der Waals surface area contributed by atoms with Crippen LogP contribution in [-0.2, 0) is 0 Å². The van der Waals surface area contributed by atoms with E-state index in [-0.39, 0.29) is 5.69 Å². The highest BCUT2D eigenvalue weighted by atomic mass is 79.9. The molecule has 0 aliphatic heterocycles. The zero-order valence-corrected chi connectivity index (χ0v) is 10.2. The summed E-state index contributed by atoms with van der Waals surface area (Å²) in [7, 11) is 0. The van der Waals surface area contributed by atoms with E-state index in [1.807, 2.05) is 12.1 Å². The molecule has 4 nitrogen and oxygen atoms in total. The molecule has 0 aliphatic carbocycles. The molecule has 0 amide bonds. The number of nitrogens with zero attached hydrogens (tertiary/aromatic N) is 1. The van der Waals surface area contributed by atoms with Gasteiger partial charge in [0.25, 0.3) is 0 Å². The van der Waals surface area contributed by atoms with Crippen molar-refractivity contribution >= 4 is 21.9 Å². The van der Waals surface area contributed by atoms with Gasteiger partial charge in [0.1, 0.15) is 11.5 Å². The van der Waals surface area contributed by atoms with E-state index in [9.17, 15) is 4.79 Å². The quantitative estimate of drug-likeness (QED) is 0.943. The van der Waals surface area contributed by atoms with Gasteiger partial charge in [-0.05, 0) is 24.3 Å². The lowest BCUT2D eigenvalue weighted by atomic mass is 10.3. The van der Waals surface area contributed by atoms with Crippen LogP contribution in [0.1, 0.15) is 10.5 Å². The molecule has 1 aromatic heterocycles. The minimum Gasteiger partial charge on any atom is -0.477 e. The summed E-state index contributed by atoms with van der Waals surface area (Å²) >= 11 is 3.33. The van der Waals surface area contributed by atoms with E-state index in [0.29, 0.717) is 11.5 Å². The Labute approximate surface area is 106 Å². The average Bonchev–Trinajstić information content (AvgIpc) is 2.29. The van der Waals surface area contributed by atoms with Gasteiger partial charge in [0.15, 0.2) is 5.69 Å². The van der Waals surface area contributed by atoms with Crippen LogP contribution in [0.25, 0.3) is 0 Å². The van der Waals surface area contributed by atoms with Crippen LogP contribution >= 0.6 is 15.9 Å². The molecule has 0 unspecified atom stereocenters. The number of carboxylic acids is 1. The number of aromatic carboxylic acids is 1. The SMILES string of the molecule is O=C(O)c1cc(Oc2cccc(Br)c2)ccn1. The van der Waals surface area contributed by atoms with Gasteiger partial charge in [0.2, 0.25) is 0 Å². The molecule has 17 heavy (non-hydrogen) atoms. The van der Waals surface area contributed by atoms with Gasteiger partial charge in [-0.15, -0.1) is 0 Å². The van der Waals surface area contributed by atoms with Crippen molar-refractivity contribution in [3.05, 3.63) is 52.8 Å². The van der Waals surface area contributed by atoms with Crippen molar-refractivity contribution in [2.45, 2.75) is 0 Å². The largest absolute Gasteiger partial charge is 0.477 e. The molecule has 0 radical (unpaired) electrons. The molecule has 0 aliphatic rings. The molecule has 0 atom stereocenters. The summed E-state index contributed by atoms with van der Waals surface area (Å²) in [5, 5.41) is 8.79. The van der Waals surface area contributed by atoms with Crippen LogP contribution < -0.4 is 4.74 Å². The predicted molar refractivity (Wildman–Crippen MR) is 65.4 cm³/mol. The molecule has 1 aromatic carbocycles. The minimum absolute atomic E-state index is 0.0440. The van der Waals surface area contributed by atoms with Crippen molar-refractivity contribution in [1.82, 2.24) is 4.98 Å². The van der Waals surface area contributed by atoms with Gasteiger partial charge in [-0.3, -0.25) is 0 Å². The lowest BCUT2D eigenvalue weighted by molar-refractivity contribution is 0.0690. The smallest absolute Gasteiger partial charge is 0.354 e. The number of aromatic nitrogens is 1. The number of rotatable bonds is 3. The maximum absolute atomic E-state index is 10.7. The maximum atomic E-state index is 10.7. The number of halogens is 1. The van der Waals surface area contributed by atoms with Crippen molar-refractivity contribution in [1.29, 1.82) is 0 Å². The summed E-state index contributed by atoms with van der Waals surface area (Å²) in [5.74, 6) is -0.0119. The highest BCUT2D eigenvalue weighted by Crippen LogP contribution is 2.24. The minimum atomic E-state index is -1.08. The normalized spacial score (nSPS) is 9.94. The third-order valence-corrected chi connectivity index (χ3v) is 2.48. The van der Waals surface area contributed by atoms with Gasteiger partial charge in [0, 0.05) is 16.7 Å². The average molecular weight is 294 g/mol. The van der Waals surface area contributed by atoms with Crippen LogP contribution in [0.2, 0.25) is 0 Å². The first-order valence-corrected chi connectivity index (χ1v) is 5.57. The first kappa shape index (κ1) is 11.6. The van der Waals surface area contributed by atoms with Crippen molar-refractivity contribution in [3.63, 3.8) is 0 Å². The zero-order chi connectivity index (χ0) is 12.3. The van der Waals surface area contributed by atoms with Crippen LogP contribution in [0, 0.1) is 0 Å². The van der Waals surface area contributed by atoms with Gasteiger partial charge in [-0.25, -0.2) is 9.78 Å². The fourth-order valence-corrected chi connectivity index (χ4v) is 1.64. The third kappa shape index (κ3) is 3.04. The standard InChI is InChI=1S/C12H8BrNO3/c13-8-2-1-3-9(6-8)17-10-4-5-14-11(7-10)12(15)16/h1-7H,(H,15,16). The molecule has 0 spiro atoms. The monoisotopic (exact) mass is 293 g/mol. The highest BCUT2D eigenvalue weighted by Gasteiger charge is 2.06. The van der Waals surface area contributed by atoms with Crippen molar-refractivity contribution < 1.29 is 14.6 Å². The Morgan fingerprint density at radius 1 is 1.24 bits per heavy atom. The Hall–Kier alpha value is -1.88. The fraction of sp³-hybridized carbons (Fsp3) is 0. The first-order chi connectivity index (χ1) is 8.15. The number of hydrogen-bond acceptors (Lipinski definition) is 3. The molecule has 0 fully saturated rings. The summed E-state index contributed by atoms with van der Waals surface area (Å²) in [6.45, 7) is 0. The molecule has 0 bridgehead atoms. The van der Waals surface area contributed by atoms with Crippen molar-refractivity contribution in [2.75, 3.05) is 0 Å². The number of carboxylic acid groups (broad SMARTS) is 1. The van der Waals surface area contributed by atoms with Crippen molar-refractivity contribution in [3.8, 4) is 11.5 Å². The van der Waals surface area contributed by atoms with Crippen LogP contribution in [0.4, 0.5) is 0 Å². The molecule has 0 saturated heterocycles. The van der Waals surface area contributed by atoms with E-state index in [0.717, 1.165) is 4.47 Å². The number of benzene rings is 1. The molecule has 1 N–H and O–H groups in total. The third-order valence-electron chi connectivity index (χ3n) is 1.98. The number of pyridine rings is 1. The summed E-state index contributed by atoms with van der Waals surface area (Å²) < 4.78 is 6.41. The second-order valence-electron chi connectivity index (χ2n) is 3.24. The molecular formula is C12H8BrNO3. The second-order valence-corrected chi connectivity index (χ2v) is 4.16. The lowest BCUT2D eigenvalue weighted by Gasteiger charge is -2.06. The van der Waals surface area contributed by atoms with E-state index >= 15 is 0 Å². The molecule has 5 heteroatoms. The van der Waals surface area contributed by atoms with Crippen LogP contribution in [0.15, 0.2) is 47.1 Å². The van der Waals surface area contributed by atoms with Crippen LogP contribution in [-0.4, -0.2) is 16.1 Å². The number of carbonyl (C=O) groups is 1. The predicted octanol–water partition coefficient (Wildman–Crippen LogP) is 3.33. The van der Waals surface area contributed by atoms with E-state index in [1.165, 1.54) is 12.3 Å². The number of ether oxygens (including phenoxy) is 1. The highest BCUT2D eigenvalue weighted by molar-refractivity contribution is 9.10. The second kappa shape index (κ2) is 4.97. The van der Waals surface area contributed by atoms with E-state index < -0.39 is 5.97 Å². The van der Waals surface area contributed by atoms with Gasteiger partial charge in [0.05, 0.1) is 0 Å². The summed E-state index contributed by atoms with van der Waals surface area (Å²) in [4.78, 5) is 14.4. The van der Waals surface area contributed by atoms with E-state index in [2.05, 4.69) is 20.9 Å². The fourth-order valence-electron chi connectivity index (χ4n) is 1.26. The summed E-state index contributed by atoms with van der Waals surface area (Å²) in [6.07, 6.45) is 1.40. The van der Waals surface area contributed by atoms with E-state index in [4.69, 9.17) is 9.84 Å². The van der Waals surface area contributed by atoms with Gasteiger partial charge < -0.3 is 9.84 Å². The van der Waals surface area contributed by atoms with Gasteiger partial charge in [-0.1, -0.05) is 22.0 Å². The summed E-state index contributed by atoms with van der Waals surface area (Å²) in [6, 6.07) is 10.3. The zero-order valence-electron chi connectivity index (χ0n) is 8.63.